The number of likely N-dealkylation sites (N-methyl/N-ethyl adjacent to an activating group) is 2. The van der Waals surface area contributed by atoms with E-state index in [1.165, 1.54) is 17.0 Å². The molecular formula is C14H17N5O4. The first-order valence-electron chi connectivity index (χ1n) is 6.82. The van der Waals surface area contributed by atoms with E-state index in [0.717, 1.165) is 0 Å². The number of aromatic nitrogens is 2. The van der Waals surface area contributed by atoms with Crippen molar-refractivity contribution >= 4 is 11.6 Å². The van der Waals surface area contributed by atoms with Gasteiger partial charge in [0.15, 0.2) is 0 Å². The molecule has 0 aliphatic carbocycles. The van der Waals surface area contributed by atoms with Crippen molar-refractivity contribution in [1.29, 1.82) is 0 Å². The Morgan fingerprint density at radius 2 is 1.87 bits per heavy atom. The zero-order chi connectivity index (χ0) is 17.0. The lowest BCUT2D eigenvalue weighted by Crippen LogP contribution is -2.34. The van der Waals surface area contributed by atoms with E-state index in [4.69, 9.17) is 4.42 Å². The molecule has 1 aromatic heterocycles. The number of carbonyl (C=O) groups excluding carboxylic acids is 1. The smallest absolute Gasteiger partial charge is 0.269 e. The van der Waals surface area contributed by atoms with E-state index >= 15 is 0 Å². The van der Waals surface area contributed by atoms with Crippen LogP contribution in [0.3, 0.4) is 0 Å². The summed E-state index contributed by atoms with van der Waals surface area (Å²) in [6.07, 6.45) is 0. The van der Waals surface area contributed by atoms with Gasteiger partial charge >= 0.3 is 0 Å². The summed E-state index contributed by atoms with van der Waals surface area (Å²) < 4.78 is 5.52. The lowest BCUT2D eigenvalue weighted by Gasteiger charge is -2.16. The van der Waals surface area contributed by atoms with Crippen LogP contribution in [0.25, 0.3) is 11.5 Å². The average molecular weight is 319 g/mol. The lowest BCUT2D eigenvalue weighted by molar-refractivity contribution is -0.384. The molecule has 122 valence electrons. The molecular weight excluding hydrogens is 302 g/mol. The topological polar surface area (TPSA) is 106 Å². The second-order valence-electron chi connectivity index (χ2n) is 5.27. The van der Waals surface area contributed by atoms with Crippen molar-refractivity contribution in [2.75, 3.05) is 27.7 Å². The van der Waals surface area contributed by atoms with Gasteiger partial charge < -0.3 is 9.32 Å². The monoisotopic (exact) mass is 319 g/mol. The van der Waals surface area contributed by atoms with Gasteiger partial charge in [0.2, 0.25) is 17.7 Å². The summed E-state index contributed by atoms with van der Waals surface area (Å²) >= 11 is 0. The Morgan fingerprint density at radius 3 is 2.43 bits per heavy atom. The first-order chi connectivity index (χ1) is 10.9. The molecule has 0 saturated heterocycles. The number of benzene rings is 1. The van der Waals surface area contributed by atoms with Crippen LogP contribution in [0, 0.1) is 10.1 Å². The molecule has 1 heterocycles. The molecule has 2 rings (SSSR count). The van der Waals surface area contributed by atoms with Crippen LogP contribution in [0.1, 0.15) is 5.89 Å². The van der Waals surface area contributed by atoms with E-state index in [1.54, 1.807) is 38.2 Å². The molecule has 2 aromatic rings. The van der Waals surface area contributed by atoms with Gasteiger partial charge in [0.25, 0.3) is 5.69 Å². The zero-order valence-corrected chi connectivity index (χ0v) is 13.1. The maximum absolute atomic E-state index is 11.6. The molecule has 0 fully saturated rings. The molecule has 9 nitrogen and oxygen atoms in total. The molecule has 0 aliphatic rings. The number of amides is 1. The van der Waals surface area contributed by atoms with Gasteiger partial charge in [0.05, 0.1) is 18.0 Å². The van der Waals surface area contributed by atoms with Gasteiger partial charge in [-0.15, -0.1) is 10.2 Å². The molecule has 0 bridgehead atoms. The first-order valence-corrected chi connectivity index (χ1v) is 6.82. The third-order valence-electron chi connectivity index (χ3n) is 3.10. The number of nitro groups is 1. The van der Waals surface area contributed by atoms with Crippen LogP contribution < -0.4 is 0 Å². The molecule has 0 spiro atoms. The van der Waals surface area contributed by atoms with Crippen LogP contribution in [0.4, 0.5) is 5.69 Å². The Bertz CT molecular complexity index is 695. The Labute approximate surface area is 132 Å². The Balaban J connectivity index is 2.02. The third kappa shape index (κ3) is 4.33. The van der Waals surface area contributed by atoms with Crippen molar-refractivity contribution in [3.63, 3.8) is 0 Å². The van der Waals surface area contributed by atoms with Crippen LogP contribution in [-0.4, -0.2) is 58.5 Å². The lowest BCUT2D eigenvalue weighted by atomic mass is 10.2. The van der Waals surface area contributed by atoms with Gasteiger partial charge in [-0.1, -0.05) is 0 Å². The third-order valence-corrected chi connectivity index (χ3v) is 3.10. The van der Waals surface area contributed by atoms with Crippen LogP contribution in [0.5, 0.6) is 0 Å². The molecule has 0 radical (unpaired) electrons. The highest BCUT2D eigenvalue weighted by atomic mass is 16.6. The number of non-ortho nitro benzene ring substituents is 1. The number of nitro benzene ring substituents is 1. The minimum Gasteiger partial charge on any atom is -0.419 e. The highest BCUT2D eigenvalue weighted by Crippen LogP contribution is 2.21. The highest BCUT2D eigenvalue weighted by molar-refractivity contribution is 5.77. The summed E-state index contributed by atoms with van der Waals surface area (Å²) in [7, 11) is 5.16. The van der Waals surface area contributed by atoms with E-state index in [1.807, 2.05) is 0 Å². The van der Waals surface area contributed by atoms with Crippen molar-refractivity contribution in [1.82, 2.24) is 20.0 Å². The number of nitrogens with zero attached hydrogens (tertiary/aromatic N) is 5. The Hall–Kier alpha value is -2.81. The van der Waals surface area contributed by atoms with Crippen LogP contribution in [-0.2, 0) is 11.3 Å². The van der Waals surface area contributed by atoms with E-state index in [2.05, 4.69) is 10.2 Å². The standard InChI is InChI=1S/C14H17N5O4/c1-17(2)13(20)9-18(3)8-12-15-16-14(23-12)10-4-6-11(7-5-10)19(21)22/h4-7H,8-9H2,1-3H3. The fraction of sp³-hybridized carbons (Fsp3) is 0.357. The van der Waals surface area contributed by atoms with Crippen molar-refractivity contribution in [2.45, 2.75) is 6.54 Å². The van der Waals surface area contributed by atoms with Gasteiger partial charge in [0.1, 0.15) is 0 Å². The van der Waals surface area contributed by atoms with Crippen molar-refractivity contribution in [2.24, 2.45) is 0 Å². The quantitative estimate of drug-likeness (QED) is 0.581. The molecule has 1 amide bonds. The average Bonchev–Trinajstić information content (AvgIpc) is 2.95. The fourth-order valence-electron chi connectivity index (χ4n) is 1.82. The predicted molar refractivity (Wildman–Crippen MR) is 81.4 cm³/mol. The van der Waals surface area contributed by atoms with Gasteiger partial charge in [-0.2, -0.15) is 0 Å². The van der Waals surface area contributed by atoms with E-state index < -0.39 is 4.92 Å². The summed E-state index contributed by atoms with van der Waals surface area (Å²) in [6, 6.07) is 5.85. The molecule has 0 aliphatic heterocycles. The molecule has 0 N–H and O–H groups in total. The summed E-state index contributed by atoms with van der Waals surface area (Å²) in [4.78, 5) is 25.0. The summed E-state index contributed by atoms with van der Waals surface area (Å²) in [5, 5.41) is 18.5. The number of hydrogen-bond acceptors (Lipinski definition) is 7. The Kier molecular flexibility index (Phi) is 5.02. The molecule has 1 aromatic carbocycles. The normalized spacial score (nSPS) is 10.8. The van der Waals surface area contributed by atoms with Gasteiger partial charge in [-0.3, -0.25) is 19.8 Å². The van der Waals surface area contributed by atoms with Crippen molar-refractivity contribution in [3.05, 3.63) is 40.3 Å². The molecule has 0 saturated carbocycles. The van der Waals surface area contributed by atoms with Gasteiger partial charge in [-0.25, -0.2) is 0 Å². The molecule has 9 heteroatoms. The predicted octanol–water partition coefficient (Wildman–Crippen LogP) is 1.16. The highest BCUT2D eigenvalue weighted by Gasteiger charge is 2.14. The van der Waals surface area contributed by atoms with Gasteiger partial charge in [-0.05, 0) is 19.2 Å². The van der Waals surface area contributed by atoms with Crippen molar-refractivity contribution in [3.8, 4) is 11.5 Å². The second-order valence-corrected chi connectivity index (χ2v) is 5.27. The maximum Gasteiger partial charge on any atom is 0.269 e. The minimum atomic E-state index is -0.472. The van der Waals surface area contributed by atoms with Crippen molar-refractivity contribution < 1.29 is 14.1 Å². The summed E-state index contributed by atoms with van der Waals surface area (Å²) in [6.45, 7) is 0.571. The Morgan fingerprint density at radius 1 is 1.22 bits per heavy atom. The SMILES string of the molecule is CN(CC(=O)N(C)C)Cc1nnc(-c2ccc([N+](=O)[O-])cc2)o1. The van der Waals surface area contributed by atoms with Crippen LogP contribution in [0.15, 0.2) is 28.7 Å². The molecule has 0 atom stereocenters. The summed E-state index contributed by atoms with van der Waals surface area (Å²) in [5.74, 6) is 0.622. The number of hydrogen-bond donors (Lipinski definition) is 0. The fourth-order valence-corrected chi connectivity index (χ4v) is 1.82. The van der Waals surface area contributed by atoms with Crippen LogP contribution >= 0.6 is 0 Å². The van der Waals surface area contributed by atoms with Crippen LogP contribution in [0.2, 0.25) is 0 Å². The number of rotatable bonds is 6. The van der Waals surface area contributed by atoms with E-state index in [-0.39, 0.29) is 24.0 Å². The summed E-state index contributed by atoms with van der Waals surface area (Å²) in [5.41, 5.74) is 0.594. The largest absolute Gasteiger partial charge is 0.419 e. The van der Waals surface area contributed by atoms with Gasteiger partial charge in [0, 0.05) is 31.8 Å². The number of carbonyl (C=O) groups is 1. The first kappa shape index (κ1) is 16.6. The van der Waals surface area contributed by atoms with E-state index in [0.29, 0.717) is 18.0 Å². The molecule has 23 heavy (non-hydrogen) atoms. The zero-order valence-electron chi connectivity index (χ0n) is 13.1. The maximum atomic E-state index is 11.6. The van der Waals surface area contributed by atoms with E-state index in [9.17, 15) is 14.9 Å². The molecule has 0 unspecified atom stereocenters. The second kappa shape index (κ2) is 6.97. The minimum absolute atomic E-state index is 0.00424.